The number of ether oxygens (including phenoxy) is 1. The van der Waals surface area contributed by atoms with Gasteiger partial charge in [-0.2, -0.15) is 0 Å². The van der Waals surface area contributed by atoms with Crippen molar-refractivity contribution in [2.45, 2.75) is 38.4 Å². The average Bonchev–Trinajstić information content (AvgIpc) is 3.06. The fourth-order valence-electron chi connectivity index (χ4n) is 3.84. The van der Waals surface area contributed by atoms with E-state index in [0.29, 0.717) is 18.4 Å². The van der Waals surface area contributed by atoms with Crippen LogP contribution in [0, 0.1) is 11.8 Å². The summed E-state index contributed by atoms with van der Waals surface area (Å²) in [4.78, 5) is 0. The smallest absolute Gasteiger partial charge is 0.0860 e. The normalized spacial score (nSPS) is 21.9. The van der Waals surface area contributed by atoms with E-state index < -0.39 is 0 Å². The molecule has 0 radical (unpaired) electrons. The Balaban J connectivity index is 1.78. The maximum atomic E-state index is 6.44. The summed E-state index contributed by atoms with van der Waals surface area (Å²) >= 11 is 0. The van der Waals surface area contributed by atoms with E-state index in [9.17, 15) is 0 Å². The van der Waals surface area contributed by atoms with Crippen LogP contribution in [-0.2, 0) is 11.3 Å². The molecule has 2 aromatic rings. The monoisotopic (exact) mass is 306 g/mol. The summed E-state index contributed by atoms with van der Waals surface area (Å²) in [7, 11) is 0. The Morgan fingerprint density at radius 1 is 1.00 bits per heavy atom. The molecule has 1 aliphatic carbocycles. The molecule has 0 N–H and O–H groups in total. The molecule has 2 aromatic carbocycles. The van der Waals surface area contributed by atoms with Crippen LogP contribution in [0.2, 0.25) is 0 Å². The summed E-state index contributed by atoms with van der Waals surface area (Å²) in [5.41, 5.74) is 2.55. The third-order valence-corrected chi connectivity index (χ3v) is 4.98. The van der Waals surface area contributed by atoms with Crippen molar-refractivity contribution in [2.24, 2.45) is 11.8 Å². The van der Waals surface area contributed by atoms with E-state index in [2.05, 4.69) is 73.3 Å². The molecule has 0 saturated heterocycles. The van der Waals surface area contributed by atoms with E-state index in [0.717, 1.165) is 6.42 Å². The SMILES string of the molecule is C=CC[C@H]1CCC[C@@H]1[C@@H](OCc1ccccc1)c1ccccc1. The molecule has 1 nitrogen and oxygen atoms in total. The van der Waals surface area contributed by atoms with Gasteiger partial charge >= 0.3 is 0 Å². The van der Waals surface area contributed by atoms with Gasteiger partial charge < -0.3 is 4.74 Å². The standard InChI is InChI=1S/C22H26O/c1-2-10-19-15-9-16-21(19)22(20-13-7-4-8-14-20)23-17-18-11-5-3-6-12-18/h2-8,11-14,19,21-22H,1,9-10,15-17H2/t19-,21-,22-/m0/s1. The third kappa shape index (κ3) is 4.11. The molecular weight excluding hydrogens is 280 g/mol. The molecule has 1 fully saturated rings. The molecule has 0 aliphatic heterocycles. The highest BCUT2D eigenvalue weighted by molar-refractivity contribution is 5.20. The van der Waals surface area contributed by atoms with Crippen LogP contribution in [0.5, 0.6) is 0 Å². The van der Waals surface area contributed by atoms with Crippen molar-refractivity contribution in [2.75, 3.05) is 0 Å². The molecule has 0 bridgehead atoms. The van der Waals surface area contributed by atoms with Gasteiger partial charge in [-0.3, -0.25) is 0 Å². The lowest BCUT2D eigenvalue weighted by Gasteiger charge is -2.29. The predicted molar refractivity (Wildman–Crippen MR) is 96.1 cm³/mol. The first kappa shape index (κ1) is 16.0. The van der Waals surface area contributed by atoms with Gasteiger partial charge in [-0.05, 0) is 42.2 Å². The molecular formula is C22H26O. The molecule has 1 saturated carbocycles. The largest absolute Gasteiger partial charge is 0.369 e. The van der Waals surface area contributed by atoms with Crippen LogP contribution >= 0.6 is 0 Å². The van der Waals surface area contributed by atoms with Gasteiger partial charge in [-0.25, -0.2) is 0 Å². The Morgan fingerprint density at radius 3 is 2.39 bits per heavy atom. The van der Waals surface area contributed by atoms with Crippen LogP contribution in [0.4, 0.5) is 0 Å². The molecule has 0 unspecified atom stereocenters. The molecule has 23 heavy (non-hydrogen) atoms. The number of allylic oxidation sites excluding steroid dienone is 1. The van der Waals surface area contributed by atoms with E-state index in [1.165, 1.54) is 30.4 Å². The third-order valence-electron chi connectivity index (χ3n) is 4.98. The second-order valence-electron chi connectivity index (χ2n) is 6.51. The highest BCUT2D eigenvalue weighted by Crippen LogP contribution is 2.44. The lowest BCUT2D eigenvalue weighted by atomic mass is 9.85. The van der Waals surface area contributed by atoms with Crippen LogP contribution in [-0.4, -0.2) is 0 Å². The first-order chi connectivity index (χ1) is 11.4. The molecule has 0 heterocycles. The van der Waals surface area contributed by atoms with Crippen molar-refractivity contribution in [3.63, 3.8) is 0 Å². The lowest BCUT2D eigenvalue weighted by molar-refractivity contribution is -0.0126. The van der Waals surface area contributed by atoms with E-state index in [1.54, 1.807) is 0 Å². The maximum Gasteiger partial charge on any atom is 0.0860 e. The van der Waals surface area contributed by atoms with Crippen molar-refractivity contribution >= 4 is 0 Å². The van der Waals surface area contributed by atoms with Gasteiger partial charge in [0, 0.05) is 0 Å². The zero-order valence-electron chi connectivity index (χ0n) is 13.7. The summed E-state index contributed by atoms with van der Waals surface area (Å²) in [6, 6.07) is 21.2. The molecule has 1 aliphatic rings. The zero-order chi connectivity index (χ0) is 15.9. The zero-order valence-corrected chi connectivity index (χ0v) is 13.7. The van der Waals surface area contributed by atoms with E-state index in [4.69, 9.17) is 4.74 Å². The van der Waals surface area contributed by atoms with Gasteiger partial charge in [0.2, 0.25) is 0 Å². The van der Waals surface area contributed by atoms with Crippen molar-refractivity contribution in [3.8, 4) is 0 Å². The first-order valence-electron chi connectivity index (χ1n) is 8.70. The first-order valence-corrected chi connectivity index (χ1v) is 8.70. The minimum absolute atomic E-state index is 0.184. The number of benzene rings is 2. The minimum atomic E-state index is 0.184. The van der Waals surface area contributed by atoms with Crippen LogP contribution < -0.4 is 0 Å². The fraction of sp³-hybridized carbons (Fsp3) is 0.364. The van der Waals surface area contributed by atoms with Crippen molar-refractivity contribution in [1.29, 1.82) is 0 Å². The second-order valence-corrected chi connectivity index (χ2v) is 6.51. The number of hydrogen-bond acceptors (Lipinski definition) is 1. The van der Waals surface area contributed by atoms with Crippen molar-refractivity contribution in [3.05, 3.63) is 84.4 Å². The van der Waals surface area contributed by atoms with Gasteiger partial charge in [-0.1, -0.05) is 73.2 Å². The molecule has 0 aromatic heterocycles. The Hall–Kier alpha value is -1.86. The van der Waals surface area contributed by atoms with Gasteiger partial charge in [0.25, 0.3) is 0 Å². The highest BCUT2D eigenvalue weighted by atomic mass is 16.5. The number of hydrogen-bond donors (Lipinski definition) is 0. The van der Waals surface area contributed by atoms with Gasteiger partial charge in [0.1, 0.15) is 0 Å². The molecule has 0 spiro atoms. The predicted octanol–water partition coefficient (Wildman–Crippen LogP) is 5.94. The van der Waals surface area contributed by atoms with E-state index in [1.807, 2.05) is 0 Å². The van der Waals surface area contributed by atoms with Crippen LogP contribution in [0.25, 0.3) is 0 Å². The highest BCUT2D eigenvalue weighted by Gasteiger charge is 2.34. The topological polar surface area (TPSA) is 9.23 Å². The van der Waals surface area contributed by atoms with Crippen LogP contribution in [0.15, 0.2) is 73.3 Å². The Bertz CT molecular complexity index is 590. The summed E-state index contributed by atoms with van der Waals surface area (Å²) < 4.78 is 6.44. The summed E-state index contributed by atoms with van der Waals surface area (Å²) in [5.74, 6) is 1.30. The van der Waals surface area contributed by atoms with Gasteiger partial charge in [0.05, 0.1) is 12.7 Å². The van der Waals surface area contributed by atoms with Crippen molar-refractivity contribution in [1.82, 2.24) is 0 Å². The second kappa shape index (κ2) is 8.12. The minimum Gasteiger partial charge on any atom is -0.369 e. The van der Waals surface area contributed by atoms with E-state index in [-0.39, 0.29) is 6.10 Å². The average molecular weight is 306 g/mol. The molecule has 0 amide bonds. The van der Waals surface area contributed by atoms with Crippen LogP contribution in [0.3, 0.4) is 0 Å². The van der Waals surface area contributed by atoms with Crippen LogP contribution in [0.1, 0.15) is 42.9 Å². The molecule has 3 atom stereocenters. The lowest BCUT2D eigenvalue weighted by Crippen LogP contribution is -2.20. The Kier molecular flexibility index (Phi) is 5.65. The quantitative estimate of drug-likeness (QED) is 0.575. The fourth-order valence-corrected chi connectivity index (χ4v) is 3.84. The van der Waals surface area contributed by atoms with Gasteiger partial charge in [0.15, 0.2) is 0 Å². The summed E-state index contributed by atoms with van der Waals surface area (Å²) in [5, 5.41) is 0. The maximum absolute atomic E-state index is 6.44. The van der Waals surface area contributed by atoms with E-state index >= 15 is 0 Å². The Labute approximate surface area is 140 Å². The summed E-state index contributed by atoms with van der Waals surface area (Å²) in [6.45, 7) is 4.62. The number of rotatable bonds is 7. The molecule has 1 heteroatoms. The Morgan fingerprint density at radius 2 is 1.70 bits per heavy atom. The van der Waals surface area contributed by atoms with Gasteiger partial charge in [-0.15, -0.1) is 6.58 Å². The molecule has 3 rings (SSSR count). The molecule has 120 valence electrons. The summed E-state index contributed by atoms with van der Waals surface area (Å²) in [6.07, 6.45) is 7.22. The van der Waals surface area contributed by atoms with Crippen molar-refractivity contribution < 1.29 is 4.74 Å².